The van der Waals surface area contributed by atoms with Gasteiger partial charge in [0.05, 0.1) is 6.61 Å². The maximum absolute atomic E-state index is 8.95. The van der Waals surface area contributed by atoms with E-state index in [2.05, 4.69) is 31.7 Å². The molecule has 0 radical (unpaired) electrons. The van der Waals surface area contributed by atoms with E-state index < -0.39 is 0 Å². The highest BCUT2D eigenvalue weighted by Crippen LogP contribution is 2.25. The Labute approximate surface area is 69.2 Å². The largest absolute Gasteiger partial charge is 0.394 e. The Bertz CT molecular complexity index is 133. The van der Waals surface area contributed by atoms with Gasteiger partial charge < -0.3 is 5.11 Å². The van der Waals surface area contributed by atoms with Crippen LogP contribution < -0.4 is 0 Å². The van der Waals surface area contributed by atoms with Gasteiger partial charge in [-0.25, -0.2) is 0 Å². The number of hydrogen-bond donors (Lipinski definition) is 1. The normalized spacial score (nSPS) is 31.0. The maximum Gasteiger partial charge on any atom is 0.0612 e. The van der Waals surface area contributed by atoms with Crippen molar-refractivity contribution in [3.63, 3.8) is 0 Å². The van der Waals surface area contributed by atoms with Crippen LogP contribution in [0.5, 0.6) is 0 Å². The first-order valence-electron chi connectivity index (χ1n) is 3.84. The SMILES string of the molecule is C#C.CN1CCC[C@]1(C)CO. The zero-order valence-corrected chi connectivity index (χ0v) is 7.38. The quantitative estimate of drug-likeness (QED) is 0.564. The van der Waals surface area contributed by atoms with Crippen LogP contribution >= 0.6 is 0 Å². The molecule has 1 saturated heterocycles. The molecule has 0 bridgehead atoms. The van der Waals surface area contributed by atoms with Crippen LogP contribution in [0.15, 0.2) is 0 Å². The topological polar surface area (TPSA) is 23.5 Å². The predicted molar refractivity (Wildman–Crippen MR) is 47.2 cm³/mol. The highest BCUT2D eigenvalue weighted by atomic mass is 16.3. The molecule has 2 heteroatoms. The number of aliphatic hydroxyl groups excluding tert-OH is 1. The minimum Gasteiger partial charge on any atom is -0.394 e. The molecule has 1 N–H and O–H groups in total. The molecule has 0 aliphatic carbocycles. The van der Waals surface area contributed by atoms with Crippen molar-refractivity contribution in [2.24, 2.45) is 0 Å². The molecule has 1 aliphatic rings. The monoisotopic (exact) mass is 155 g/mol. The van der Waals surface area contributed by atoms with Gasteiger partial charge in [0.2, 0.25) is 0 Å². The number of aliphatic hydroxyl groups is 1. The fraction of sp³-hybridized carbons (Fsp3) is 0.778. The average molecular weight is 155 g/mol. The van der Waals surface area contributed by atoms with Crippen LogP contribution in [0.2, 0.25) is 0 Å². The first kappa shape index (κ1) is 10.5. The van der Waals surface area contributed by atoms with Crippen LogP contribution in [0, 0.1) is 12.8 Å². The molecule has 1 fully saturated rings. The van der Waals surface area contributed by atoms with E-state index in [4.69, 9.17) is 5.11 Å². The van der Waals surface area contributed by atoms with Crippen LogP contribution in [0.1, 0.15) is 19.8 Å². The standard InChI is InChI=1S/C7H15NO.C2H2/c1-7(6-9)4-3-5-8(7)2;1-2/h9H,3-6H2,1-2H3;1-2H/t7-;/m1./s1. The number of likely N-dealkylation sites (tertiary alicyclic amines) is 1. The number of likely N-dealkylation sites (N-methyl/N-ethyl adjacent to an activating group) is 1. The minimum absolute atomic E-state index is 0.0833. The number of terminal acetylenes is 1. The van der Waals surface area contributed by atoms with Gasteiger partial charge in [-0.2, -0.15) is 0 Å². The van der Waals surface area contributed by atoms with E-state index in [1.165, 1.54) is 6.42 Å². The van der Waals surface area contributed by atoms with Crippen molar-refractivity contribution in [3.05, 3.63) is 0 Å². The van der Waals surface area contributed by atoms with Crippen LogP contribution in [-0.2, 0) is 0 Å². The van der Waals surface area contributed by atoms with Crippen LogP contribution in [-0.4, -0.2) is 35.7 Å². The zero-order chi connectivity index (χ0) is 8.91. The summed E-state index contributed by atoms with van der Waals surface area (Å²) in [5.41, 5.74) is 0.0833. The number of nitrogens with zero attached hydrogens (tertiary/aromatic N) is 1. The van der Waals surface area contributed by atoms with Crippen LogP contribution in [0.25, 0.3) is 0 Å². The Morgan fingerprint density at radius 1 is 1.55 bits per heavy atom. The lowest BCUT2D eigenvalue weighted by Crippen LogP contribution is -2.41. The maximum atomic E-state index is 8.95. The molecule has 64 valence electrons. The second-order valence-corrected chi connectivity index (χ2v) is 3.18. The molecular formula is C9H17NO. The highest BCUT2D eigenvalue weighted by molar-refractivity contribution is 4.88. The lowest BCUT2D eigenvalue weighted by molar-refractivity contribution is 0.100. The van der Waals surface area contributed by atoms with Crippen molar-refractivity contribution in [1.29, 1.82) is 0 Å². The molecule has 1 rings (SSSR count). The fourth-order valence-corrected chi connectivity index (χ4v) is 1.36. The summed E-state index contributed by atoms with van der Waals surface area (Å²) in [6.07, 6.45) is 10.4. The lowest BCUT2D eigenvalue weighted by atomic mass is 10.0. The molecule has 0 aromatic rings. The van der Waals surface area contributed by atoms with Gasteiger partial charge in [-0.3, -0.25) is 4.90 Å². The molecule has 0 aromatic heterocycles. The Morgan fingerprint density at radius 3 is 2.27 bits per heavy atom. The van der Waals surface area contributed by atoms with E-state index in [1.54, 1.807) is 0 Å². The van der Waals surface area contributed by atoms with Gasteiger partial charge in [0.15, 0.2) is 0 Å². The first-order valence-corrected chi connectivity index (χ1v) is 3.84. The van der Waals surface area contributed by atoms with Crippen molar-refractivity contribution in [1.82, 2.24) is 4.90 Å². The summed E-state index contributed by atoms with van der Waals surface area (Å²) in [7, 11) is 2.07. The summed E-state index contributed by atoms with van der Waals surface area (Å²) in [6.45, 7) is 3.54. The summed E-state index contributed by atoms with van der Waals surface area (Å²) in [6, 6.07) is 0. The molecule has 0 saturated carbocycles. The second kappa shape index (κ2) is 4.38. The summed E-state index contributed by atoms with van der Waals surface area (Å²) < 4.78 is 0. The molecule has 2 nitrogen and oxygen atoms in total. The Balaban J connectivity index is 0.000000461. The molecule has 11 heavy (non-hydrogen) atoms. The van der Waals surface area contributed by atoms with Gasteiger partial charge in [-0.1, -0.05) is 0 Å². The van der Waals surface area contributed by atoms with Gasteiger partial charge in [0.25, 0.3) is 0 Å². The average Bonchev–Trinajstić information content (AvgIpc) is 2.38. The van der Waals surface area contributed by atoms with Gasteiger partial charge in [-0.05, 0) is 33.4 Å². The third kappa shape index (κ3) is 2.21. The molecule has 0 spiro atoms. The highest BCUT2D eigenvalue weighted by Gasteiger charge is 2.32. The summed E-state index contributed by atoms with van der Waals surface area (Å²) >= 11 is 0. The molecule has 1 atom stereocenters. The summed E-state index contributed by atoms with van der Waals surface area (Å²) in [4.78, 5) is 2.23. The van der Waals surface area contributed by atoms with Crippen molar-refractivity contribution < 1.29 is 5.11 Å². The molecule has 0 aromatic carbocycles. The number of hydrogen-bond acceptors (Lipinski definition) is 2. The van der Waals surface area contributed by atoms with Crippen molar-refractivity contribution in [2.75, 3.05) is 20.2 Å². The van der Waals surface area contributed by atoms with Crippen LogP contribution in [0.3, 0.4) is 0 Å². The molecule has 0 unspecified atom stereocenters. The van der Waals surface area contributed by atoms with E-state index in [1.807, 2.05) is 0 Å². The predicted octanol–water partition coefficient (Wildman–Crippen LogP) is 0.712. The van der Waals surface area contributed by atoms with Gasteiger partial charge in [0, 0.05) is 5.54 Å². The Morgan fingerprint density at radius 2 is 2.09 bits per heavy atom. The van der Waals surface area contributed by atoms with E-state index in [9.17, 15) is 0 Å². The Hall–Kier alpha value is -0.520. The fourth-order valence-electron chi connectivity index (χ4n) is 1.36. The third-order valence-corrected chi connectivity index (χ3v) is 2.47. The third-order valence-electron chi connectivity index (χ3n) is 2.47. The molecule has 1 heterocycles. The van der Waals surface area contributed by atoms with Crippen molar-refractivity contribution >= 4 is 0 Å². The van der Waals surface area contributed by atoms with Crippen molar-refractivity contribution in [3.8, 4) is 12.8 Å². The van der Waals surface area contributed by atoms with Gasteiger partial charge in [0.1, 0.15) is 0 Å². The minimum atomic E-state index is 0.0833. The second-order valence-electron chi connectivity index (χ2n) is 3.18. The van der Waals surface area contributed by atoms with E-state index in [-0.39, 0.29) is 5.54 Å². The van der Waals surface area contributed by atoms with Gasteiger partial charge in [-0.15, -0.1) is 12.8 Å². The zero-order valence-electron chi connectivity index (χ0n) is 7.38. The summed E-state index contributed by atoms with van der Waals surface area (Å²) in [5, 5.41) is 8.95. The molecular weight excluding hydrogens is 138 g/mol. The van der Waals surface area contributed by atoms with Gasteiger partial charge >= 0.3 is 0 Å². The number of rotatable bonds is 1. The first-order chi connectivity index (χ1) is 5.19. The molecule has 1 aliphatic heterocycles. The van der Waals surface area contributed by atoms with E-state index in [0.29, 0.717) is 6.61 Å². The lowest BCUT2D eigenvalue weighted by Gasteiger charge is -2.29. The van der Waals surface area contributed by atoms with Crippen LogP contribution in [0.4, 0.5) is 0 Å². The smallest absolute Gasteiger partial charge is 0.0612 e. The summed E-state index contributed by atoms with van der Waals surface area (Å²) in [5.74, 6) is 0. The van der Waals surface area contributed by atoms with E-state index >= 15 is 0 Å². The Kier molecular flexibility index (Phi) is 4.17. The van der Waals surface area contributed by atoms with Crippen molar-refractivity contribution in [2.45, 2.75) is 25.3 Å². The van der Waals surface area contributed by atoms with E-state index in [0.717, 1.165) is 13.0 Å². The molecule has 0 amide bonds.